The Balaban J connectivity index is 2.37. The second kappa shape index (κ2) is 10.8. The summed E-state index contributed by atoms with van der Waals surface area (Å²) in [5, 5.41) is 5.66. The van der Waals surface area contributed by atoms with Crippen LogP contribution in [0.5, 0.6) is 0 Å². The fourth-order valence-electron chi connectivity index (χ4n) is 1.85. The first-order valence-electron chi connectivity index (χ1n) is 8.31. The van der Waals surface area contributed by atoms with Gasteiger partial charge in [0.25, 0.3) is 5.91 Å². The van der Waals surface area contributed by atoms with E-state index in [0.717, 1.165) is 25.9 Å². The van der Waals surface area contributed by atoms with E-state index in [1.165, 1.54) is 0 Å². The molecule has 5 nitrogen and oxygen atoms in total. The van der Waals surface area contributed by atoms with Crippen LogP contribution in [0.25, 0.3) is 0 Å². The normalized spacial score (nSPS) is 10.6. The molecular formula is C18H28N2O3. The van der Waals surface area contributed by atoms with Crippen LogP contribution in [-0.2, 0) is 9.53 Å². The lowest BCUT2D eigenvalue weighted by molar-refractivity contribution is -0.118. The van der Waals surface area contributed by atoms with Crippen LogP contribution in [0.1, 0.15) is 50.4 Å². The Morgan fingerprint density at radius 1 is 1.17 bits per heavy atom. The van der Waals surface area contributed by atoms with Crippen LogP contribution in [0.4, 0.5) is 5.69 Å². The molecule has 0 aliphatic carbocycles. The van der Waals surface area contributed by atoms with E-state index in [2.05, 4.69) is 17.6 Å². The monoisotopic (exact) mass is 320 g/mol. The summed E-state index contributed by atoms with van der Waals surface area (Å²) >= 11 is 0. The lowest BCUT2D eigenvalue weighted by atomic mass is 10.1. The summed E-state index contributed by atoms with van der Waals surface area (Å²) in [4.78, 5) is 23.8. The first-order valence-corrected chi connectivity index (χ1v) is 8.31. The lowest BCUT2D eigenvalue weighted by Crippen LogP contribution is -2.25. The Morgan fingerprint density at radius 2 is 1.91 bits per heavy atom. The van der Waals surface area contributed by atoms with Crippen molar-refractivity contribution in [2.24, 2.45) is 5.92 Å². The maximum absolute atomic E-state index is 12.1. The average molecular weight is 320 g/mol. The third-order valence-electron chi connectivity index (χ3n) is 3.31. The molecule has 0 saturated carbocycles. The Bertz CT molecular complexity index is 501. The fraction of sp³-hybridized carbons (Fsp3) is 0.556. The quantitative estimate of drug-likeness (QED) is 0.650. The average Bonchev–Trinajstić information content (AvgIpc) is 2.54. The number of amides is 2. The van der Waals surface area contributed by atoms with Gasteiger partial charge in [-0.05, 0) is 31.0 Å². The van der Waals surface area contributed by atoms with Gasteiger partial charge in [-0.1, -0.05) is 33.3 Å². The van der Waals surface area contributed by atoms with Gasteiger partial charge in [0, 0.05) is 36.9 Å². The van der Waals surface area contributed by atoms with Gasteiger partial charge in [0.2, 0.25) is 5.91 Å². The topological polar surface area (TPSA) is 67.4 Å². The molecule has 0 fully saturated rings. The predicted octanol–water partition coefficient (Wildman–Crippen LogP) is 3.22. The summed E-state index contributed by atoms with van der Waals surface area (Å²) in [5.41, 5.74) is 1.18. The minimum atomic E-state index is -0.140. The van der Waals surface area contributed by atoms with Crippen molar-refractivity contribution < 1.29 is 14.3 Å². The van der Waals surface area contributed by atoms with Gasteiger partial charge in [-0.3, -0.25) is 9.59 Å². The van der Waals surface area contributed by atoms with Crippen molar-refractivity contribution in [3.8, 4) is 0 Å². The molecular weight excluding hydrogens is 292 g/mol. The fourth-order valence-corrected chi connectivity index (χ4v) is 1.85. The van der Waals surface area contributed by atoms with Crippen LogP contribution in [-0.4, -0.2) is 31.6 Å². The largest absolute Gasteiger partial charge is 0.381 e. The molecule has 0 atom stereocenters. The van der Waals surface area contributed by atoms with E-state index in [-0.39, 0.29) is 17.7 Å². The SMILES string of the molecule is CCCCOCCCNC(=O)c1cccc(NC(=O)C(C)C)c1. The number of rotatable bonds is 10. The summed E-state index contributed by atoms with van der Waals surface area (Å²) in [5.74, 6) is -0.300. The molecule has 128 valence electrons. The molecule has 2 amide bonds. The molecule has 1 aromatic rings. The third-order valence-corrected chi connectivity index (χ3v) is 3.31. The number of nitrogens with one attached hydrogen (secondary N) is 2. The van der Waals surface area contributed by atoms with Crippen molar-refractivity contribution in [2.75, 3.05) is 25.1 Å². The molecule has 1 aromatic carbocycles. The first kappa shape index (κ1) is 19.2. The molecule has 0 unspecified atom stereocenters. The molecule has 1 rings (SSSR count). The Labute approximate surface area is 138 Å². The molecule has 0 aliphatic heterocycles. The molecule has 2 N–H and O–H groups in total. The second-order valence-electron chi connectivity index (χ2n) is 5.80. The van der Waals surface area contributed by atoms with Crippen LogP contribution < -0.4 is 10.6 Å². The van der Waals surface area contributed by atoms with Crippen LogP contribution in [0, 0.1) is 5.92 Å². The van der Waals surface area contributed by atoms with Gasteiger partial charge in [-0.15, -0.1) is 0 Å². The molecule has 5 heteroatoms. The maximum atomic E-state index is 12.1. The number of carbonyl (C=O) groups excluding carboxylic acids is 2. The minimum absolute atomic E-state index is 0.0632. The highest BCUT2D eigenvalue weighted by molar-refractivity contribution is 5.97. The van der Waals surface area contributed by atoms with E-state index >= 15 is 0 Å². The molecule has 0 heterocycles. The highest BCUT2D eigenvalue weighted by Gasteiger charge is 2.09. The van der Waals surface area contributed by atoms with Gasteiger partial charge in [-0.2, -0.15) is 0 Å². The highest BCUT2D eigenvalue weighted by atomic mass is 16.5. The number of benzene rings is 1. The van der Waals surface area contributed by atoms with Gasteiger partial charge >= 0.3 is 0 Å². The van der Waals surface area contributed by atoms with Gasteiger partial charge in [0.1, 0.15) is 0 Å². The highest BCUT2D eigenvalue weighted by Crippen LogP contribution is 2.12. The van der Waals surface area contributed by atoms with Crippen LogP contribution in [0.15, 0.2) is 24.3 Å². The molecule has 0 radical (unpaired) electrons. The summed E-state index contributed by atoms with van der Waals surface area (Å²) in [6.07, 6.45) is 2.99. The van der Waals surface area contributed by atoms with Crippen LogP contribution >= 0.6 is 0 Å². The number of unbranched alkanes of at least 4 members (excludes halogenated alkanes) is 1. The summed E-state index contributed by atoms with van der Waals surface area (Å²) in [7, 11) is 0. The number of ether oxygens (including phenoxy) is 1. The van der Waals surface area contributed by atoms with E-state index in [1.54, 1.807) is 24.3 Å². The lowest BCUT2D eigenvalue weighted by Gasteiger charge is -2.10. The molecule has 23 heavy (non-hydrogen) atoms. The zero-order chi connectivity index (χ0) is 17.1. The van der Waals surface area contributed by atoms with Crippen molar-refractivity contribution in [3.05, 3.63) is 29.8 Å². The number of hydrogen-bond donors (Lipinski definition) is 2. The zero-order valence-corrected chi connectivity index (χ0v) is 14.4. The van der Waals surface area contributed by atoms with Crippen LogP contribution in [0.2, 0.25) is 0 Å². The molecule has 0 aliphatic rings. The van der Waals surface area contributed by atoms with Gasteiger partial charge in [0.05, 0.1) is 0 Å². The smallest absolute Gasteiger partial charge is 0.251 e. The standard InChI is InChI=1S/C18H28N2O3/c1-4-5-11-23-12-7-10-19-18(22)15-8-6-9-16(13-15)20-17(21)14(2)3/h6,8-9,13-14H,4-5,7,10-12H2,1-3H3,(H,19,22)(H,20,21). The Hall–Kier alpha value is -1.88. The number of carbonyl (C=O) groups is 2. The second-order valence-corrected chi connectivity index (χ2v) is 5.80. The Kier molecular flexibility index (Phi) is 8.98. The molecule has 0 bridgehead atoms. The van der Waals surface area contributed by atoms with E-state index in [0.29, 0.717) is 24.4 Å². The van der Waals surface area contributed by atoms with E-state index in [9.17, 15) is 9.59 Å². The summed E-state index contributed by atoms with van der Waals surface area (Å²) < 4.78 is 5.45. The van der Waals surface area contributed by atoms with Crippen molar-refractivity contribution >= 4 is 17.5 Å². The van der Waals surface area contributed by atoms with Gasteiger partial charge < -0.3 is 15.4 Å². The predicted molar refractivity (Wildman–Crippen MR) is 92.6 cm³/mol. The summed E-state index contributed by atoms with van der Waals surface area (Å²) in [6.45, 7) is 7.80. The van der Waals surface area contributed by atoms with E-state index in [4.69, 9.17) is 4.74 Å². The van der Waals surface area contributed by atoms with E-state index < -0.39 is 0 Å². The first-order chi connectivity index (χ1) is 11.0. The molecule has 0 saturated heterocycles. The van der Waals surface area contributed by atoms with Crippen molar-refractivity contribution in [1.82, 2.24) is 5.32 Å². The van der Waals surface area contributed by atoms with Gasteiger partial charge in [-0.25, -0.2) is 0 Å². The van der Waals surface area contributed by atoms with E-state index in [1.807, 2.05) is 13.8 Å². The molecule has 0 spiro atoms. The van der Waals surface area contributed by atoms with Gasteiger partial charge in [0.15, 0.2) is 0 Å². The van der Waals surface area contributed by atoms with Crippen molar-refractivity contribution in [1.29, 1.82) is 0 Å². The third kappa shape index (κ3) is 7.79. The minimum Gasteiger partial charge on any atom is -0.381 e. The van der Waals surface area contributed by atoms with Crippen molar-refractivity contribution in [3.63, 3.8) is 0 Å². The number of hydrogen-bond acceptors (Lipinski definition) is 3. The Morgan fingerprint density at radius 3 is 2.61 bits per heavy atom. The van der Waals surface area contributed by atoms with Crippen LogP contribution in [0.3, 0.4) is 0 Å². The zero-order valence-electron chi connectivity index (χ0n) is 14.4. The van der Waals surface area contributed by atoms with Crippen molar-refractivity contribution in [2.45, 2.75) is 40.0 Å². The maximum Gasteiger partial charge on any atom is 0.251 e. The summed E-state index contributed by atoms with van der Waals surface area (Å²) in [6, 6.07) is 6.96. The number of anilines is 1. The molecule has 0 aromatic heterocycles.